The second-order valence-electron chi connectivity index (χ2n) is 5.09. The quantitative estimate of drug-likeness (QED) is 0.546. The van der Waals surface area contributed by atoms with Crippen LogP contribution in [0, 0.1) is 5.41 Å². The Balaban J connectivity index is 2.69. The molecule has 0 bridgehead atoms. The Kier molecular flexibility index (Phi) is 2.50. The third-order valence-corrected chi connectivity index (χ3v) is 3.00. The molecule has 0 aromatic heterocycles. The van der Waals surface area contributed by atoms with Crippen molar-refractivity contribution in [3.05, 3.63) is 0 Å². The zero-order chi connectivity index (χ0) is 9.41. The molecule has 0 aromatic rings. The summed E-state index contributed by atoms with van der Waals surface area (Å²) in [7, 11) is 0. The molecule has 12 heavy (non-hydrogen) atoms. The lowest BCUT2D eigenvalue weighted by molar-refractivity contribution is -0.0724. The third kappa shape index (κ3) is 2.20. The first-order chi connectivity index (χ1) is 5.33. The van der Waals surface area contributed by atoms with E-state index in [1.165, 1.54) is 0 Å². The van der Waals surface area contributed by atoms with Crippen molar-refractivity contribution in [2.75, 3.05) is 0 Å². The van der Waals surface area contributed by atoms with E-state index in [0.717, 1.165) is 19.3 Å². The van der Waals surface area contributed by atoms with Gasteiger partial charge in [-0.1, -0.05) is 13.8 Å². The van der Waals surface area contributed by atoms with Crippen LogP contribution in [0.4, 0.5) is 0 Å². The Hall–Kier alpha value is -0.0800. The van der Waals surface area contributed by atoms with Crippen molar-refractivity contribution < 1.29 is 10.2 Å². The van der Waals surface area contributed by atoms with Gasteiger partial charge in [0.25, 0.3) is 0 Å². The monoisotopic (exact) mass is 172 g/mol. The summed E-state index contributed by atoms with van der Waals surface area (Å²) in [6.07, 6.45) is 2.98. The Labute approximate surface area is 74.6 Å². The van der Waals surface area contributed by atoms with Gasteiger partial charge in [-0.3, -0.25) is 0 Å². The molecule has 0 heterocycles. The molecule has 2 unspecified atom stereocenters. The lowest BCUT2D eigenvalue weighted by Crippen LogP contribution is -2.39. The highest BCUT2D eigenvalue weighted by Crippen LogP contribution is 2.37. The molecule has 2 heteroatoms. The van der Waals surface area contributed by atoms with Crippen LogP contribution in [0.3, 0.4) is 0 Å². The predicted octanol–water partition coefficient (Wildman–Crippen LogP) is 1.70. The molecular weight excluding hydrogens is 152 g/mol. The molecular formula is C10H20O2. The van der Waals surface area contributed by atoms with Crippen molar-refractivity contribution in [1.82, 2.24) is 0 Å². The fraction of sp³-hybridized carbons (Fsp3) is 1.00. The lowest BCUT2D eigenvalue weighted by Gasteiger charge is -2.30. The molecule has 1 aliphatic carbocycles. The van der Waals surface area contributed by atoms with E-state index in [1.807, 2.05) is 0 Å². The molecule has 72 valence electrons. The molecule has 1 saturated carbocycles. The van der Waals surface area contributed by atoms with Gasteiger partial charge in [-0.15, -0.1) is 0 Å². The zero-order valence-corrected chi connectivity index (χ0v) is 8.30. The first kappa shape index (κ1) is 10.0. The van der Waals surface area contributed by atoms with Crippen LogP contribution in [-0.4, -0.2) is 21.9 Å². The van der Waals surface area contributed by atoms with Crippen molar-refractivity contribution >= 4 is 0 Å². The van der Waals surface area contributed by atoms with Crippen molar-refractivity contribution in [2.45, 2.75) is 58.2 Å². The average Bonchev–Trinajstić information content (AvgIpc) is 1.90. The molecule has 2 N–H and O–H groups in total. The summed E-state index contributed by atoms with van der Waals surface area (Å²) < 4.78 is 0. The Morgan fingerprint density at radius 3 is 2.33 bits per heavy atom. The average molecular weight is 172 g/mol. The van der Waals surface area contributed by atoms with Gasteiger partial charge in [-0.05, 0) is 38.0 Å². The molecule has 2 atom stereocenters. The summed E-state index contributed by atoms with van der Waals surface area (Å²) in [6.45, 7) is 6.04. The minimum atomic E-state index is -0.867. The van der Waals surface area contributed by atoms with Crippen LogP contribution in [-0.2, 0) is 0 Å². The maximum atomic E-state index is 9.81. The summed E-state index contributed by atoms with van der Waals surface area (Å²) >= 11 is 0. The second-order valence-corrected chi connectivity index (χ2v) is 5.09. The fourth-order valence-corrected chi connectivity index (χ4v) is 1.94. The highest BCUT2D eigenvalue weighted by atomic mass is 16.3. The maximum absolute atomic E-state index is 9.81. The standard InChI is InChI=1S/C10H20O2/c1-9(2)5-4-6-10(3,12)8(11)7-9/h8,11-12H,4-7H2,1-3H3. The summed E-state index contributed by atoms with van der Waals surface area (Å²) in [5.41, 5.74) is -0.687. The summed E-state index contributed by atoms with van der Waals surface area (Å²) in [4.78, 5) is 0. The zero-order valence-electron chi connectivity index (χ0n) is 8.30. The van der Waals surface area contributed by atoms with Crippen LogP contribution in [0.5, 0.6) is 0 Å². The minimum absolute atomic E-state index is 0.180. The minimum Gasteiger partial charge on any atom is -0.390 e. The highest BCUT2D eigenvalue weighted by Gasteiger charge is 2.37. The van der Waals surface area contributed by atoms with Gasteiger partial charge < -0.3 is 10.2 Å². The van der Waals surface area contributed by atoms with Gasteiger partial charge in [-0.25, -0.2) is 0 Å². The Morgan fingerprint density at radius 1 is 1.17 bits per heavy atom. The molecule has 0 saturated heterocycles. The molecule has 2 nitrogen and oxygen atoms in total. The van der Waals surface area contributed by atoms with Gasteiger partial charge in [0.15, 0.2) is 0 Å². The molecule has 0 radical (unpaired) electrons. The van der Waals surface area contributed by atoms with Crippen molar-refractivity contribution in [2.24, 2.45) is 5.41 Å². The van der Waals surface area contributed by atoms with Gasteiger partial charge in [0.1, 0.15) is 0 Å². The van der Waals surface area contributed by atoms with Gasteiger partial charge in [-0.2, -0.15) is 0 Å². The normalized spacial score (nSPS) is 42.2. The van der Waals surface area contributed by atoms with E-state index in [-0.39, 0.29) is 5.41 Å². The SMILES string of the molecule is CC1(C)CCCC(C)(O)C(O)C1. The van der Waals surface area contributed by atoms with Crippen LogP contribution in [0.25, 0.3) is 0 Å². The van der Waals surface area contributed by atoms with Crippen LogP contribution in [0.15, 0.2) is 0 Å². The molecule has 0 aliphatic heterocycles. The number of hydrogen-bond acceptors (Lipinski definition) is 2. The summed E-state index contributed by atoms with van der Waals surface area (Å²) in [5.74, 6) is 0. The van der Waals surface area contributed by atoms with E-state index in [9.17, 15) is 10.2 Å². The summed E-state index contributed by atoms with van der Waals surface area (Å²) in [6, 6.07) is 0. The molecule has 1 rings (SSSR count). The fourth-order valence-electron chi connectivity index (χ4n) is 1.94. The van der Waals surface area contributed by atoms with Crippen molar-refractivity contribution in [1.29, 1.82) is 0 Å². The molecule has 0 aromatic carbocycles. The highest BCUT2D eigenvalue weighted by molar-refractivity contribution is 4.89. The van der Waals surface area contributed by atoms with Crippen LogP contribution in [0.2, 0.25) is 0 Å². The van der Waals surface area contributed by atoms with E-state index in [2.05, 4.69) is 13.8 Å². The Morgan fingerprint density at radius 2 is 1.75 bits per heavy atom. The lowest BCUT2D eigenvalue weighted by atomic mass is 9.83. The first-order valence-electron chi connectivity index (χ1n) is 4.74. The van der Waals surface area contributed by atoms with E-state index < -0.39 is 11.7 Å². The number of rotatable bonds is 0. The second kappa shape index (κ2) is 3.00. The molecule has 1 aliphatic rings. The van der Waals surface area contributed by atoms with Gasteiger partial charge in [0.2, 0.25) is 0 Å². The van der Waals surface area contributed by atoms with Crippen molar-refractivity contribution in [3.63, 3.8) is 0 Å². The van der Waals surface area contributed by atoms with Crippen LogP contribution < -0.4 is 0 Å². The van der Waals surface area contributed by atoms with E-state index in [0.29, 0.717) is 6.42 Å². The molecule has 1 fully saturated rings. The molecule has 0 amide bonds. The topological polar surface area (TPSA) is 40.5 Å². The number of aliphatic hydroxyl groups is 2. The maximum Gasteiger partial charge on any atom is 0.0877 e. The van der Waals surface area contributed by atoms with Crippen molar-refractivity contribution in [3.8, 4) is 0 Å². The first-order valence-corrected chi connectivity index (χ1v) is 4.74. The third-order valence-electron chi connectivity index (χ3n) is 3.00. The van der Waals surface area contributed by atoms with Crippen LogP contribution >= 0.6 is 0 Å². The van der Waals surface area contributed by atoms with E-state index in [1.54, 1.807) is 6.92 Å². The van der Waals surface area contributed by atoms with E-state index >= 15 is 0 Å². The van der Waals surface area contributed by atoms with Gasteiger partial charge in [0, 0.05) is 0 Å². The Bertz CT molecular complexity index is 161. The van der Waals surface area contributed by atoms with E-state index in [4.69, 9.17) is 0 Å². The number of aliphatic hydroxyl groups excluding tert-OH is 1. The largest absolute Gasteiger partial charge is 0.390 e. The molecule has 0 spiro atoms. The van der Waals surface area contributed by atoms with Gasteiger partial charge >= 0.3 is 0 Å². The van der Waals surface area contributed by atoms with Crippen LogP contribution in [0.1, 0.15) is 46.5 Å². The number of hydrogen-bond donors (Lipinski definition) is 2. The van der Waals surface area contributed by atoms with Gasteiger partial charge in [0.05, 0.1) is 11.7 Å². The summed E-state index contributed by atoms with van der Waals surface area (Å²) in [5, 5.41) is 19.5. The smallest absolute Gasteiger partial charge is 0.0877 e. The predicted molar refractivity (Wildman–Crippen MR) is 48.9 cm³/mol.